The average molecular weight is 554 g/mol. The first-order chi connectivity index (χ1) is 18.2. The number of aryl methyl sites for hydroxylation is 1. The van der Waals surface area contributed by atoms with Gasteiger partial charge in [-0.05, 0) is 73.0 Å². The molecule has 0 saturated carbocycles. The first-order valence-electron chi connectivity index (χ1n) is 11.6. The summed E-state index contributed by atoms with van der Waals surface area (Å²) in [5, 5.41) is 5.95. The van der Waals surface area contributed by atoms with Gasteiger partial charge < -0.3 is 20.1 Å². The molecule has 0 aromatic heterocycles. The molecule has 0 bridgehead atoms. The number of nitrogens with zero attached hydrogens (tertiary/aromatic N) is 1. The summed E-state index contributed by atoms with van der Waals surface area (Å²) in [7, 11) is 3.15. The van der Waals surface area contributed by atoms with Crippen molar-refractivity contribution in [2.24, 2.45) is 0 Å². The SMILES string of the molecule is COc1ccc(CCNC(=O)c2ccc(NC3=C(Cl)C(=O)N(c4cc(Cl)ccc4C)C3=O)cc2)cc1OC. The van der Waals surface area contributed by atoms with E-state index in [-0.39, 0.29) is 16.6 Å². The number of carbonyl (C=O) groups excluding carboxylic acids is 3. The molecule has 3 aromatic carbocycles. The van der Waals surface area contributed by atoms with Gasteiger partial charge in [0.05, 0.1) is 19.9 Å². The summed E-state index contributed by atoms with van der Waals surface area (Å²) in [6, 6.07) is 17.0. The minimum Gasteiger partial charge on any atom is -0.493 e. The maximum atomic E-state index is 13.1. The first-order valence-corrected chi connectivity index (χ1v) is 12.4. The van der Waals surface area contributed by atoms with Crippen LogP contribution in [-0.2, 0) is 16.0 Å². The number of nitrogens with one attached hydrogen (secondary N) is 2. The van der Waals surface area contributed by atoms with Gasteiger partial charge in [-0.25, -0.2) is 4.90 Å². The lowest BCUT2D eigenvalue weighted by molar-refractivity contribution is -0.120. The topological polar surface area (TPSA) is 97.0 Å². The number of carbonyl (C=O) groups is 3. The van der Waals surface area contributed by atoms with Crippen LogP contribution in [-0.4, -0.2) is 38.5 Å². The van der Waals surface area contributed by atoms with Crippen molar-refractivity contribution in [1.82, 2.24) is 5.32 Å². The van der Waals surface area contributed by atoms with Crippen LogP contribution in [0.15, 0.2) is 71.4 Å². The molecule has 0 radical (unpaired) electrons. The largest absolute Gasteiger partial charge is 0.493 e. The quantitative estimate of drug-likeness (QED) is 0.359. The molecule has 1 aliphatic heterocycles. The van der Waals surface area contributed by atoms with E-state index in [0.29, 0.717) is 52.0 Å². The second-order valence-electron chi connectivity index (χ2n) is 8.46. The van der Waals surface area contributed by atoms with Crippen molar-refractivity contribution >= 4 is 52.3 Å². The molecule has 4 rings (SSSR count). The Labute approximate surface area is 230 Å². The van der Waals surface area contributed by atoms with Crippen LogP contribution in [0, 0.1) is 6.92 Å². The van der Waals surface area contributed by atoms with E-state index in [2.05, 4.69) is 10.6 Å². The molecule has 0 atom stereocenters. The molecular weight excluding hydrogens is 529 g/mol. The van der Waals surface area contributed by atoms with Crippen molar-refractivity contribution in [2.45, 2.75) is 13.3 Å². The molecule has 1 aliphatic rings. The summed E-state index contributed by atoms with van der Waals surface area (Å²) in [6.07, 6.45) is 0.608. The molecule has 0 spiro atoms. The van der Waals surface area contributed by atoms with Crippen molar-refractivity contribution < 1.29 is 23.9 Å². The molecule has 3 amide bonds. The van der Waals surface area contributed by atoms with Gasteiger partial charge in [0.2, 0.25) is 0 Å². The van der Waals surface area contributed by atoms with Crippen molar-refractivity contribution in [1.29, 1.82) is 0 Å². The first kappa shape index (κ1) is 27.0. The molecule has 8 nitrogen and oxygen atoms in total. The van der Waals surface area contributed by atoms with Crippen LogP contribution in [0.4, 0.5) is 11.4 Å². The second kappa shape index (κ2) is 11.6. The molecule has 0 aliphatic carbocycles. The van der Waals surface area contributed by atoms with E-state index in [1.165, 1.54) is 0 Å². The summed E-state index contributed by atoms with van der Waals surface area (Å²) < 4.78 is 10.6. The van der Waals surface area contributed by atoms with Crippen molar-refractivity contribution in [2.75, 3.05) is 31.0 Å². The molecule has 10 heteroatoms. The monoisotopic (exact) mass is 553 g/mol. The van der Waals surface area contributed by atoms with E-state index in [4.69, 9.17) is 32.7 Å². The number of rotatable bonds is 9. The molecule has 0 unspecified atom stereocenters. The normalized spacial score (nSPS) is 13.1. The number of amides is 3. The van der Waals surface area contributed by atoms with Gasteiger partial charge in [0.1, 0.15) is 10.7 Å². The minimum atomic E-state index is -0.644. The Morgan fingerprint density at radius 3 is 2.29 bits per heavy atom. The minimum absolute atomic E-state index is 0.0526. The highest BCUT2D eigenvalue weighted by molar-refractivity contribution is 6.53. The number of methoxy groups -OCH3 is 2. The Hall–Kier alpha value is -4.01. The molecule has 196 valence electrons. The van der Waals surface area contributed by atoms with E-state index in [9.17, 15) is 14.4 Å². The fourth-order valence-electron chi connectivity index (χ4n) is 3.96. The van der Waals surface area contributed by atoms with E-state index < -0.39 is 11.8 Å². The Balaban J connectivity index is 1.38. The summed E-state index contributed by atoms with van der Waals surface area (Å²) in [5.41, 5.74) is 2.93. The zero-order valence-electron chi connectivity index (χ0n) is 20.9. The van der Waals surface area contributed by atoms with Crippen LogP contribution in [0.25, 0.3) is 0 Å². The van der Waals surface area contributed by atoms with Crippen LogP contribution < -0.4 is 25.0 Å². The van der Waals surface area contributed by atoms with Gasteiger partial charge in [0, 0.05) is 22.8 Å². The highest BCUT2D eigenvalue weighted by Crippen LogP contribution is 2.33. The van der Waals surface area contributed by atoms with Crippen LogP contribution in [0.5, 0.6) is 11.5 Å². The van der Waals surface area contributed by atoms with Gasteiger partial charge >= 0.3 is 0 Å². The maximum absolute atomic E-state index is 13.1. The number of hydrogen-bond acceptors (Lipinski definition) is 6. The summed E-state index contributed by atoms with van der Waals surface area (Å²) in [5.74, 6) is -0.216. The van der Waals surface area contributed by atoms with Gasteiger partial charge in [-0.2, -0.15) is 0 Å². The summed E-state index contributed by atoms with van der Waals surface area (Å²) in [4.78, 5) is 39.4. The standard InChI is InChI=1S/C28H25Cl2N3O5/c1-16-4-8-19(29)15-21(16)33-27(35)24(30)25(28(33)36)32-20-9-6-18(7-10-20)26(34)31-13-12-17-5-11-22(37-2)23(14-17)38-3/h4-11,14-15,32H,12-13H2,1-3H3,(H,31,34). The smallest absolute Gasteiger partial charge is 0.283 e. The van der Waals surface area contributed by atoms with E-state index in [1.807, 2.05) is 18.2 Å². The van der Waals surface area contributed by atoms with Crippen LogP contribution >= 0.6 is 23.2 Å². The van der Waals surface area contributed by atoms with Crippen molar-refractivity contribution in [3.8, 4) is 11.5 Å². The Morgan fingerprint density at radius 2 is 1.61 bits per heavy atom. The zero-order chi connectivity index (χ0) is 27.4. The Bertz CT molecular complexity index is 1440. The molecule has 1 heterocycles. The lowest BCUT2D eigenvalue weighted by Gasteiger charge is -2.17. The number of imide groups is 1. The third-order valence-electron chi connectivity index (χ3n) is 6.00. The van der Waals surface area contributed by atoms with Crippen molar-refractivity contribution in [3.05, 3.63) is 93.1 Å². The predicted octanol–water partition coefficient (Wildman–Crippen LogP) is 5.07. The molecule has 0 fully saturated rings. The van der Waals surface area contributed by atoms with Crippen molar-refractivity contribution in [3.63, 3.8) is 0 Å². The third-order valence-corrected chi connectivity index (χ3v) is 6.59. The lowest BCUT2D eigenvalue weighted by atomic mass is 10.1. The van der Waals surface area contributed by atoms with E-state index >= 15 is 0 Å². The van der Waals surface area contributed by atoms with Gasteiger partial charge in [0.15, 0.2) is 11.5 Å². The fraction of sp³-hybridized carbons (Fsp3) is 0.179. The van der Waals surface area contributed by atoms with Gasteiger partial charge in [-0.1, -0.05) is 35.3 Å². The third kappa shape index (κ3) is 5.61. The molecule has 0 saturated heterocycles. The highest BCUT2D eigenvalue weighted by Gasteiger charge is 2.39. The van der Waals surface area contributed by atoms with E-state index in [1.54, 1.807) is 63.6 Å². The molecular formula is C28H25Cl2N3O5. The average Bonchev–Trinajstić information content (AvgIpc) is 3.13. The second-order valence-corrected chi connectivity index (χ2v) is 9.28. The number of ether oxygens (including phenoxy) is 2. The van der Waals surface area contributed by atoms with Gasteiger partial charge in [0.25, 0.3) is 17.7 Å². The predicted molar refractivity (Wildman–Crippen MR) is 147 cm³/mol. The number of hydrogen-bond donors (Lipinski definition) is 2. The van der Waals surface area contributed by atoms with Crippen LogP contribution in [0.3, 0.4) is 0 Å². The molecule has 2 N–H and O–H groups in total. The lowest BCUT2D eigenvalue weighted by Crippen LogP contribution is -2.32. The Morgan fingerprint density at radius 1 is 0.895 bits per heavy atom. The van der Waals surface area contributed by atoms with Gasteiger partial charge in [-0.15, -0.1) is 0 Å². The van der Waals surface area contributed by atoms with E-state index in [0.717, 1.165) is 10.5 Å². The number of anilines is 2. The number of benzene rings is 3. The van der Waals surface area contributed by atoms with Crippen LogP contribution in [0.1, 0.15) is 21.5 Å². The Kier molecular flexibility index (Phi) is 8.24. The van der Waals surface area contributed by atoms with Gasteiger partial charge in [-0.3, -0.25) is 14.4 Å². The maximum Gasteiger partial charge on any atom is 0.283 e. The van der Waals surface area contributed by atoms with Crippen LogP contribution in [0.2, 0.25) is 5.02 Å². The fourth-order valence-corrected chi connectivity index (χ4v) is 4.34. The summed E-state index contributed by atoms with van der Waals surface area (Å²) in [6.45, 7) is 2.19. The number of halogens is 2. The molecule has 3 aromatic rings. The summed E-state index contributed by atoms with van der Waals surface area (Å²) >= 11 is 12.3. The zero-order valence-corrected chi connectivity index (χ0v) is 22.4. The highest BCUT2D eigenvalue weighted by atomic mass is 35.5. The molecule has 38 heavy (non-hydrogen) atoms.